The molecule has 2 saturated carbocycles. The van der Waals surface area contributed by atoms with Gasteiger partial charge in [-0.25, -0.2) is 0 Å². The summed E-state index contributed by atoms with van der Waals surface area (Å²) in [5, 5.41) is 4.77. The summed E-state index contributed by atoms with van der Waals surface area (Å²) in [6.45, 7) is 3.20. The van der Waals surface area contributed by atoms with E-state index in [1.807, 2.05) is 0 Å². The van der Waals surface area contributed by atoms with E-state index in [0.29, 0.717) is 38.5 Å². The van der Waals surface area contributed by atoms with Crippen molar-refractivity contribution in [1.82, 2.24) is 59.6 Å². The summed E-state index contributed by atoms with van der Waals surface area (Å²) in [4.78, 5) is 192. The summed E-state index contributed by atoms with van der Waals surface area (Å²) in [5.74, 6) is -8.40. The van der Waals surface area contributed by atoms with Crippen molar-refractivity contribution in [2.45, 2.75) is 196 Å². The molecule has 2 aromatic carbocycles. The minimum absolute atomic E-state index is 0.0966. The quantitative estimate of drug-likeness (QED) is 0.153. The summed E-state index contributed by atoms with van der Waals surface area (Å²) < 4.78 is 90.0. The molecule has 0 unspecified atom stereocenters. The number of benzene rings is 2. The molecule has 3 heterocycles. The Hall–Kier alpha value is -8.79. The van der Waals surface area contributed by atoms with Crippen LogP contribution in [0.4, 0.5) is 26.3 Å². The minimum atomic E-state index is -4.84. The van der Waals surface area contributed by atoms with Crippen LogP contribution >= 0.6 is 11.6 Å². The first-order valence-electron chi connectivity index (χ1n) is 36.2. The largest absolute Gasteiger partial charge is 0.417 e. The molecule has 2 N–H and O–H groups in total. The van der Waals surface area contributed by atoms with Gasteiger partial charge in [-0.15, -0.1) is 12.3 Å². The lowest BCUT2D eigenvalue weighted by Gasteiger charge is -2.51. The fourth-order valence-corrected chi connectivity index (χ4v) is 15.3. The van der Waals surface area contributed by atoms with Gasteiger partial charge >= 0.3 is 12.4 Å². The average Bonchev–Trinajstić information content (AvgIpc) is 1.66. The van der Waals surface area contributed by atoms with E-state index >= 15 is 28.8 Å². The second-order valence-electron chi connectivity index (χ2n) is 29.0. The first-order chi connectivity index (χ1) is 50.2. The standard InChI is InChI=1S/C75H101ClF6N12O13/c1-14-23-54-64(98)84-62(45(4)15-2)70(104)87(8)44-61(97)89(10)55-26-18-17-21-37-93(69(55)103)57(39-47-27-31-49(32-28-47)74(77,78)79)67(101)86(7)43-59(95)83-53(34-30-46-29-33-51(52(76)38-46)75(80,81)82)65(99)94-42-50(107-16-3)40-58(94)68(102)92(13)73(35-22-36-73)72(106)91(12)63(48-24-19-20-25-48)71(105)90(11)56(66(100)85(5)6)41-60(96)88(54)9/h1,17-18,27-29,31-33,38,45,48,50,53-58,62-63H,15-16,19-26,30,34-37,39-44H2,2-13H3,(H,83,95)(H,84,98)/b18-17-/t45-,50+,53-,54-,55-,56-,57-,58-,62-,63-/m0/s1. The second-order valence-corrected chi connectivity index (χ2v) is 29.4. The molecule has 3 aliphatic heterocycles. The van der Waals surface area contributed by atoms with Crippen LogP contribution < -0.4 is 10.6 Å². The zero-order valence-electron chi connectivity index (χ0n) is 62.9. The third-order valence-corrected chi connectivity index (χ3v) is 22.2. The number of aryl methyl sites for hydroxylation is 1. The molecule has 0 aromatic heterocycles. The minimum Gasteiger partial charge on any atom is -0.377 e. The van der Waals surface area contributed by atoms with Crippen LogP contribution in [0.3, 0.4) is 0 Å². The van der Waals surface area contributed by atoms with Crippen molar-refractivity contribution in [3.05, 3.63) is 81.9 Å². The molecule has 25 nitrogen and oxygen atoms in total. The molecule has 1 spiro atoms. The number of amides is 12. The Bertz CT molecular complexity index is 3690. The Morgan fingerprint density at radius 3 is 1.92 bits per heavy atom. The maximum absolute atomic E-state index is 15.7. The zero-order chi connectivity index (χ0) is 79.5. The van der Waals surface area contributed by atoms with Gasteiger partial charge in [0.15, 0.2) is 0 Å². The first kappa shape index (κ1) is 85.5. The van der Waals surface area contributed by atoms with Gasteiger partial charge in [0.1, 0.15) is 53.9 Å². The number of nitrogens with one attached hydrogen (secondary N) is 2. The molecular formula is C75H101ClF6N12O13. The highest BCUT2D eigenvalue weighted by Crippen LogP contribution is 2.43. The maximum Gasteiger partial charge on any atom is 0.417 e. The molecule has 0 radical (unpaired) electrons. The second kappa shape index (κ2) is 36.4. The summed E-state index contributed by atoms with van der Waals surface area (Å²) in [6, 6.07) is -4.91. The summed E-state index contributed by atoms with van der Waals surface area (Å²) >= 11 is 6.18. The maximum atomic E-state index is 15.7. The van der Waals surface area contributed by atoms with Crippen LogP contribution in [-0.2, 0) is 87.5 Å². The van der Waals surface area contributed by atoms with Gasteiger partial charge < -0.3 is 64.4 Å². The lowest BCUT2D eigenvalue weighted by atomic mass is 9.73. The van der Waals surface area contributed by atoms with Crippen molar-refractivity contribution < 1.29 is 88.6 Å². The predicted octanol–water partition coefficient (Wildman–Crippen LogP) is 5.43. The van der Waals surface area contributed by atoms with Crippen LogP contribution in [0.15, 0.2) is 54.6 Å². The molecule has 12 amide bonds. The van der Waals surface area contributed by atoms with Crippen molar-refractivity contribution in [3.63, 3.8) is 0 Å². The topological polar surface area (TPSA) is 271 Å². The van der Waals surface area contributed by atoms with E-state index in [9.17, 15) is 55.1 Å². The molecular weight excluding hydrogens is 1430 g/mol. The molecule has 10 atom stereocenters. The van der Waals surface area contributed by atoms with Crippen molar-refractivity contribution in [2.75, 3.05) is 96.2 Å². The van der Waals surface area contributed by atoms with Gasteiger partial charge in [-0.3, -0.25) is 57.5 Å². The number of hydrogen-bond acceptors (Lipinski definition) is 13. The number of nitrogens with zero attached hydrogens (tertiary/aromatic N) is 10. The fraction of sp³-hybridized carbons (Fsp3) is 0.627. The van der Waals surface area contributed by atoms with Crippen molar-refractivity contribution >= 4 is 82.5 Å². The van der Waals surface area contributed by atoms with Gasteiger partial charge in [0.2, 0.25) is 70.9 Å². The van der Waals surface area contributed by atoms with E-state index in [0.717, 1.165) is 71.9 Å². The fourth-order valence-electron chi connectivity index (χ4n) is 14.9. The lowest BCUT2D eigenvalue weighted by molar-refractivity contribution is -0.166. The molecule has 2 saturated heterocycles. The molecule has 107 heavy (non-hydrogen) atoms. The third-order valence-electron chi connectivity index (χ3n) is 21.8. The molecule has 7 rings (SSSR count). The number of fused-ring (bicyclic) bond motifs is 3. The van der Waals surface area contributed by atoms with Gasteiger partial charge in [0.05, 0.1) is 41.8 Å². The summed E-state index contributed by atoms with van der Waals surface area (Å²) in [7, 11) is 12.1. The van der Waals surface area contributed by atoms with Gasteiger partial charge in [-0.05, 0) is 112 Å². The first-order valence-corrected chi connectivity index (χ1v) is 36.6. The van der Waals surface area contributed by atoms with E-state index in [4.69, 9.17) is 22.8 Å². The van der Waals surface area contributed by atoms with Crippen LogP contribution in [0.5, 0.6) is 0 Å². The zero-order valence-corrected chi connectivity index (χ0v) is 63.7. The van der Waals surface area contributed by atoms with Gasteiger partial charge in [-0.1, -0.05) is 75.1 Å². The molecule has 2 aliphatic carbocycles. The number of carbonyl (C=O) groups is 12. The number of terminal acetylenes is 1. The van der Waals surface area contributed by atoms with Crippen LogP contribution in [0.2, 0.25) is 5.02 Å². The third kappa shape index (κ3) is 19.9. The highest BCUT2D eigenvalue weighted by atomic mass is 35.5. The Labute approximate surface area is 626 Å². The number of rotatable bonds is 12. The number of ether oxygens (including phenoxy) is 1. The van der Waals surface area contributed by atoms with E-state index in [1.54, 1.807) is 32.9 Å². The van der Waals surface area contributed by atoms with Crippen LogP contribution in [0.1, 0.15) is 133 Å². The van der Waals surface area contributed by atoms with E-state index in [-0.39, 0.29) is 75.8 Å². The highest BCUT2D eigenvalue weighted by Gasteiger charge is 2.56. The summed E-state index contributed by atoms with van der Waals surface area (Å²) in [6.07, 6.45) is -0.270. The van der Waals surface area contributed by atoms with E-state index < -0.39 is 204 Å². The Kier molecular flexibility index (Phi) is 29.1. The average molecular weight is 1530 g/mol. The van der Waals surface area contributed by atoms with Gasteiger partial charge in [-0.2, -0.15) is 26.3 Å². The van der Waals surface area contributed by atoms with Gasteiger partial charge in [0.25, 0.3) is 0 Å². The van der Waals surface area contributed by atoms with Crippen molar-refractivity contribution in [1.29, 1.82) is 0 Å². The predicted molar refractivity (Wildman–Crippen MR) is 382 cm³/mol. The Morgan fingerprint density at radius 1 is 0.710 bits per heavy atom. The Balaban J connectivity index is 1.35. The van der Waals surface area contributed by atoms with Crippen LogP contribution in [0, 0.1) is 24.2 Å². The number of carbonyl (C=O) groups excluding carboxylic acids is 12. The Morgan fingerprint density at radius 2 is 1.35 bits per heavy atom. The highest BCUT2D eigenvalue weighted by molar-refractivity contribution is 6.31. The van der Waals surface area contributed by atoms with Crippen LogP contribution in [-0.4, -0.2) is 276 Å². The number of hydrogen-bond donors (Lipinski definition) is 2. The molecule has 4 fully saturated rings. The van der Waals surface area contributed by atoms with Crippen LogP contribution in [0.25, 0.3) is 0 Å². The molecule has 5 aliphatic rings. The smallest absolute Gasteiger partial charge is 0.377 e. The lowest BCUT2D eigenvalue weighted by Crippen LogP contribution is -2.68. The normalized spacial score (nSPS) is 26.2. The number of halogens is 7. The molecule has 2 bridgehead atoms. The number of alkyl halides is 6. The molecule has 588 valence electrons. The van der Waals surface area contributed by atoms with E-state index in [2.05, 4.69) is 16.6 Å². The monoisotopic (exact) mass is 1530 g/mol. The number of likely N-dealkylation sites (N-methyl/N-ethyl adjacent to an activating group) is 8. The molecule has 32 heteroatoms. The summed E-state index contributed by atoms with van der Waals surface area (Å²) in [5.41, 5.74) is -3.45. The SMILES string of the molecule is C#CC[C@H]1C(=O)N[C@@H]([C@@H](C)CC)C(=O)N(C)CC(=O)N(C)[C@H]2C/C=C\CCN(C2=O)[C@@H](Cc2ccc(C(F)(F)F)cc2)C(=O)N(C)CC(=O)N[C@@H](CCc2ccc(C(F)(F)F)c(Cl)c2)C(=O)N2C[C@H](OCC)C[C@H]2C(=O)N(C)C2(CCC2)C(=O)N(C)[C@@H](C2CCCC2)C(=O)N(C)[C@H](C(=O)N(C)C)CC(=O)N1C. The van der Waals surface area contributed by atoms with E-state index in [1.165, 1.54) is 83.0 Å². The molecule has 2 aromatic rings. The van der Waals surface area contributed by atoms with Gasteiger partial charge in [0, 0.05) is 102 Å². The van der Waals surface area contributed by atoms with Crippen molar-refractivity contribution in [3.8, 4) is 12.3 Å². The van der Waals surface area contributed by atoms with Crippen molar-refractivity contribution in [2.24, 2.45) is 11.8 Å².